The zero-order chi connectivity index (χ0) is 14.7. The number of nitrogens with zero attached hydrogens (tertiary/aromatic N) is 2. The molecule has 1 aromatic rings. The molecular formula is C14H25N3O2. The standard InChI is InChI=1S/C14H25N3O2/c1-13(2,3)11(9-17-8-7-15-10-17)16-12(18)19-14(4,5)6/h7-8,10-11H,9H2,1-6H3,(H,16,18). The van der Waals surface area contributed by atoms with Crippen LogP contribution in [0.25, 0.3) is 0 Å². The molecule has 5 nitrogen and oxygen atoms in total. The highest BCUT2D eigenvalue weighted by molar-refractivity contribution is 5.68. The monoisotopic (exact) mass is 267 g/mol. The topological polar surface area (TPSA) is 56.1 Å². The van der Waals surface area contributed by atoms with Crippen LogP contribution >= 0.6 is 0 Å². The molecule has 0 aliphatic rings. The second-order valence-electron chi connectivity index (χ2n) is 6.82. The Balaban J connectivity index is 2.68. The van der Waals surface area contributed by atoms with Crippen molar-refractivity contribution >= 4 is 6.09 Å². The fourth-order valence-electron chi connectivity index (χ4n) is 1.59. The van der Waals surface area contributed by atoms with Crippen molar-refractivity contribution in [3.63, 3.8) is 0 Å². The zero-order valence-electron chi connectivity index (χ0n) is 12.7. The average Bonchev–Trinajstić information content (AvgIpc) is 2.64. The van der Waals surface area contributed by atoms with Crippen molar-refractivity contribution in [1.82, 2.24) is 14.9 Å². The van der Waals surface area contributed by atoms with Gasteiger partial charge in [0.15, 0.2) is 0 Å². The van der Waals surface area contributed by atoms with Gasteiger partial charge in [-0.15, -0.1) is 0 Å². The van der Waals surface area contributed by atoms with Crippen molar-refractivity contribution in [2.75, 3.05) is 0 Å². The van der Waals surface area contributed by atoms with Crippen LogP contribution in [0.1, 0.15) is 41.5 Å². The Morgan fingerprint density at radius 3 is 2.37 bits per heavy atom. The number of carbonyl (C=O) groups excluding carboxylic acids is 1. The van der Waals surface area contributed by atoms with Crippen LogP contribution in [-0.4, -0.2) is 27.3 Å². The Morgan fingerprint density at radius 1 is 1.32 bits per heavy atom. The molecule has 1 atom stereocenters. The number of hydrogen-bond donors (Lipinski definition) is 1. The first-order chi connectivity index (χ1) is 8.58. The summed E-state index contributed by atoms with van der Waals surface area (Å²) in [4.78, 5) is 15.9. The minimum absolute atomic E-state index is 0.0310. The molecule has 0 bridgehead atoms. The summed E-state index contributed by atoms with van der Waals surface area (Å²) in [7, 11) is 0. The fourth-order valence-corrected chi connectivity index (χ4v) is 1.59. The molecule has 0 saturated carbocycles. The largest absolute Gasteiger partial charge is 0.444 e. The lowest BCUT2D eigenvalue weighted by molar-refractivity contribution is 0.0454. The fraction of sp³-hybridized carbons (Fsp3) is 0.714. The first-order valence-electron chi connectivity index (χ1n) is 6.53. The first-order valence-corrected chi connectivity index (χ1v) is 6.53. The molecule has 0 saturated heterocycles. The highest BCUT2D eigenvalue weighted by Gasteiger charge is 2.28. The van der Waals surface area contributed by atoms with Gasteiger partial charge in [0.2, 0.25) is 0 Å². The Labute approximate surface area is 115 Å². The van der Waals surface area contributed by atoms with E-state index in [0.29, 0.717) is 6.54 Å². The number of alkyl carbamates (subject to hydrolysis) is 1. The van der Waals surface area contributed by atoms with Crippen molar-refractivity contribution in [1.29, 1.82) is 0 Å². The van der Waals surface area contributed by atoms with Gasteiger partial charge in [-0.25, -0.2) is 9.78 Å². The summed E-state index contributed by atoms with van der Waals surface area (Å²) < 4.78 is 7.26. The predicted octanol–water partition coefficient (Wildman–Crippen LogP) is 2.82. The van der Waals surface area contributed by atoms with Crippen molar-refractivity contribution in [3.05, 3.63) is 18.7 Å². The Morgan fingerprint density at radius 2 is 1.95 bits per heavy atom. The molecule has 1 N–H and O–H groups in total. The normalized spacial score (nSPS) is 14.0. The third-order valence-electron chi connectivity index (χ3n) is 2.69. The predicted molar refractivity (Wildman–Crippen MR) is 74.8 cm³/mol. The summed E-state index contributed by atoms with van der Waals surface area (Å²) >= 11 is 0. The second-order valence-corrected chi connectivity index (χ2v) is 6.82. The molecule has 0 fully saturated rings. The van der Waals surface area contributed by atoms with Crippen LogP contribution in [0.3, 0.4) is 0 Å². The van der Waals surface area contributed by atoms with E-state index in [2.05, 4.69) is 31.1 Å². The summed E-state index contributed by atoms with van der Waals surface area (Å²) in [6, 6.07) is -0.0310. The summed E-state index contributed by atoms with van der Waals surface area (Å²) in [5.74, 6) is 0. The smallest absolute Gasteiger partial charge is 0.407 e. The van der Waals surface area contributed by atoms with Crippen LogP contribution in [0.2, 0.25) is 0 Å². The first kappa shape index (κ1) is 15.5. The van der Waals surface area contributed by atoms with Gasteiger partial charge in [-0.05, 0) is 26.2 Å². The van der Waals surface area contributed by atoms with Gasteiger partial charge in [-0.3, -0.25) is 0 Å². The van der Waals surface area contributed by atoms with Crippen molar-refractivity contribution in [3.8, 4) is 0 Å². The van der Waals surface area contributed by atoms with Gasteiger partial charge < -0.3 is 14.6 Å². The number of aromatic nitrogens is 2. The maximum atomic E-state index is 11.9. The molecule has 5 heteroatoms. The van der Waals surface area contributed by atoms with Gasteiger partial charge in [0.1, 0.15) is 5.60 Å². The maximum absolute atomic E-state index is 11.9. The Hall–Kier alpha value is -1.52. The number of imidazole rings is 1. The third-order valence-corrected chi connectivity index (χ3v) is 2.69. The van der Waals surface area contributed by atoms with E-state index in [4.69, 9.17) is 4.74 Å². The quantitative estimate of drug-likeness (QED) is 0.916. The maximum Gasteiger partial charge on any atom is 0.407 e. The summed E-state index contributed by atoms with van der Waals surface area (Å²) in [6.07, 6.45) is 4.98. The number of ether oxygens (including phenoxy) is 1. The van der Waals surface area contributed by atoms with Crippen molar-refractivity contribution < 1.29 is 9.53 Å². The molecule has 0 aromatic carbocycles. The van der Waals surface area contributed by atoms with Crippen molar-refractivity contribution in [2.45, 2.75) is 59.7 Å². The third kappa shape index (κ3) is 5.77. The van der Waals surface area contributed by atoms with Gasteiger partial charge in [0, 0.05) is 18.9 Å². The minimum atomic E-state index is -0.485. The molecule has 0 spiro atoms. The van der Waals surface area contributed by atoms with E-state index < -0.39 is 5.60 Å². The molecule has 0 radical (unpaired) electrons. The van der Waals surface area contributed by atoms with E-state index in [1.54, 1.807) is 12.5 Å². The zero-order valence-corrected chi connectivity index (χ0v) is 12.7. The Bertz CT molecular complexity index is 399. The molecule has 1 aromatic heterocycles. The lowest BCUT2D eigenvalue weighted by Gasteiger charge is -2.32. The van der Waals surface area contributed by atoms with E-state index in [1.165, 1.54) is 0 Å². The molecule has 0 aliphatic heterocycles. The van der Waals surface area contributed by atoms with E-state index in [0.717, 1.165) is 0 Å². The van der Waals surface area contributed by atoms with Crippen molar-refractivity contribution in [2.24, 2.45) is 5.41 Å². The van der Waals surface area contributed by atoms with Gasteiger partial charge in [0.25, 0.3) is 0 Å². The molecule has 1 heterocycles. The van der Waals surface area contributed by atoms with Crippen LogP contribution < -0.4 is 5.32 Å². The van der Waals surface area contributed by atoms with Gasteiger partial charge in [-0.1, -0.05) is 20.8 Å². The summed E-state index contributed by atoms with van der Waals surface area (Å²) in [5.41, 5.74) is -0.553. The highest BCUT2D eigenvalue weighted by Crippen LogP contribution is 2.21. The lowest BCUT2D eigenvalue weighted by Crippen LogP contribution is -2.47. The molecular weight excluding hydrogens is 242 g/mol. The van der Waals surface area contributed by atoms with Gasteiger partial charge in [0.05, 0.1) is 12.4 Å². The van der Waals surface area contributed by atoms with E-state index in [-0.39, 0.29) is 17.6 Å². The minimum Gasteiger partial charge on any atom is -0.444 e. The highest BCUT2D eigenvalue weighted by atomic mass is 16.6. The van der Waals surface area contributed by atoms with Crippen LogP contribution in [0.5, 0.6) is 0 Å². The molecule has 19 heavy (non-hydrogen) atoms. The number of amides is 1. The SMILES string of the molecule is CC(C)(C)OC(=O)NC(Cn1ccnc1)C(C)(C)C. The number of nitrogens with one attached hydrogen (secondary N) is 1. The van der Waals surface area contributed by atoms with Gasteiger partial charge in [-0.2, -0.15) is 0 Å². The lowest BCUT2D eigenvalue weighted by atomic mass is 9.86. The number of carbonyl (C=O) groups is 1. The average molecular weight is 267 g/mol. The van der Waals surface area contributed by atoms with Crippen LogP contribution in [0.15, 0.2) is 18.7 Å². The molecule has 0 aliphatic carbocycles. The Kier molecular flexibility index (Phi) is 4.61. The number of rotatable bonds is 3. The summed E-state index contributed by atoms with van der Waals surface area (Å²) in [5, 5.41) is 2.94. The molecule has 1 unspecified atom stereocenters. The molecule has 1 amide bonds. The van der Waals surface area contributed by atoms with E-state index >= 15 is 0 Å². The van der Waals surface area contributed by atoms with Gasteiger partial charge >= 0.3 is 6.09 Å². The van der Waals surface area contributed by atoms with Crippen LogP contribution in [-0.2, 0) is 11.3 Å². The molecule has 1 rings (SSSR count). The second kappa shape index (κ2) is 5.63. The molecule has 108 valence electrons. The van der Waals surface area contributed by atoms with E-state index in [9.17, 15) is 4.79 Å². The van der Waals surface area contributed by atoms with Crippen LogP contribution in [0.4, 0.5) is 4.79 Å². The van der Waals surface area contributed by atoms with Crippen LogP contribution in [0, 0.1) is 5.41 Å². The number of hydrogen-bond acceptors (Lipinski definition) is 3. The van der Waals surface area contributed by atoms with E-state index in [1.807, 2.05) is 31.5 Å². The summed E-state index contributed by atoms with van der Waals surface area (Å²) in [6.45, 7) is 12.5.